The van der Waals surface area contributed by atoms with Crippen molar-refractivity contribution in [3.05, 3.63) is 35.4 Å². The maximum absolute atomic E-state index is 12.0. The average molecular weight is 204 g/mol. The molecule has 0 aromatic heterocycles. The second-order valence-electron chi connectivity index (χ2n) is 3.07. The van der Waals surface area contributed by atoms with Gasteiger partial charge in [-0.25, -0.2) is 0 Å². The fraction of sp³-hybridized carbons (Fsp3) is 0.455. The molecule has 0 aliphatic carbocycles. The highest BCUT2D eigenvalue weighted by Gasteiger charge is 2.29. The van der Waals surface area contributed by atoms with Crippen molar-refractivity contribution in [3.8, 4) is 0 Å². The van der Waals surface area contributed by atoms with E-state index in [0.717, 1.165) is 12.1 Å². The van der Waals surface area contributed by atoms with E-state index < -0.39 is 11.7 Å². The lowest BCUT2D eigenvalue weighted by Gasteiger charge is -2.05. The first-order valence-electron chi connectivity index (χ1n) is 4.55. The Bertz CT molecular complexity index is 263. The number of hydrogen-bond donors (Lipinski definition) is 0. The highest BCUT2D eigenvalue weighted by atomic mass is 19.4. The zero-order chi connectivity index (χ0) is 11.2. The van der Waals surface area contributed by atoms with Gasteiger partial charge in [0.1, 0.15) is 0 Å². The van der Waals surface area contributed by atoms with Crippen LogP contribution in [0, 0.1) is 6.92 Å². The SMILES string of the molecule is CCC.Cc1cccc(C(F)(F)F)c1. The van der Waals surface area contributed by atoms with Crippen LogP contribution in [0.5, 0.6) is 0 Å². The summed E-state index contributed by atoms with van der Waals surface area (Å²) in [4.78, 5) is 0. The number of rotatable bonds is 0. The third-order valence-electron chi connectivity index (χ3n) is 1.35. The first kappa shape index (κ1) is 13.0. The second kappa shape index (κ2) is 5.68. The Kier molecular flexibility index (Phi) is 5.28. The van der Waals surface area contributed by atoms with Crippen LogP contribution in [0.4, 0.5) is 13.2 Å². The van der Waals surface area contributed by atoms with Gasteiger partial charge in [0.2, 0.25) is 0 Å². The number of alkyl halides is 3. The van der Waals surface area contributed by atoms with Crippen LogP contribution in [0.15, 0.2) is 24.3 Å². The van der Waals surface area contributed by atoms with E-state index in [1.165, 1.54) is 12.5 Å². The first-order chi connectivity index (χ1) is 6.41. The molecular weight excluding hydrogens is 189 g/mol. The van der Waals surface area contributed by atoms with Crippen LogP contribution in [-0.2, 0) is 6.18 Å². The minimum absolute atomic E-state index is 0.586. The van der Waals surface area contributed by atoms with Crippen LogP contribution in [-0.4, -0.2) is 0 Å². The molecule has 14 heavy (non-hydrogen) atoms. The Morgan fingerprint density at radius 1 is 1.14 bits per heavy atom. The minimum Gasteiger partial charge on any atom is -0.166 e. The van der Waals surface area contributed by atoms with Crippen molar-refractivity contribution >= 4 is 0 Å². The highest BCUT2D eigenvalue weighted by molar-refractivity contribution is 5.24. The van der Waals surface area contributed by atoms with Gasteiger partial charge >= 0.3 is 6.18 Å². The number of aryl methyl sites for hydroxylation is 1. The molecule has 0 radical (unpaired) electrons. The van der Waals surface area contributed by atoms with Gasteiger partial charge in [0.05, 0.1) is 5.56 Å². The molecule has 0 saturated carbocycles. The molecular formula is C11H15F3. The summed E-state index contributed by atoms with van der Waals surface area (Å²) >= 11 is 0. The third-order valence-corrected chi connectivity index (χ3v) is 1.35. The Labute approximate surface area is 82.8 Å². The molecule has 1 rings (SSSR count). The maximum Gasteiger partial charge on any atom is 0.416 e. The molecule has 0 spiro atoms. The Morgan fingerprint density at radius 2 is 1.64 bits per heavy atom. The zero-order valence-corrected chi connectivity index (χ0v) is 8.65. The Morgan fingerprint density at radius 3 is 1.93 bits per heavy atom. The summed E-state index contributed by atoms with van der Waals surface area (Å²) in [6.07, 6.45) is -2.97. The molecule has 0 nitrogen and oxygen atoms in total. The lowest BCUT2D eigenvalue weighted by atomic mass is 10.1. The van der Waals surface area contributed by atoms with E-state index in [-0.39, 0.29) is 0 Å². The lowest BCUT2D eigenvalue weighted by Crippen LogP contribution is -2.04. The molecule has 0 atom stereocenters. The van der Waals surface area contributed by atoms with Crippen molar-refractivity contribution in [1.82, 2.24) is 0 Å². The molecule has 1 aromatic rings. The summed E-state index contributed by atoms with van der Waals surface area (Å²) < 4.78 is 35.9. The van der Waals surface area contributed by atoms with Gasteiger partial charge in [-0.15, -0.1) is 0 Å². The van der Waals surface area contributed by atoms with E-state index in [0.29, 0.717) is 5.56 Å². The van der Waals surface area contributed by atoms with Gasteiger partial charge in [0.25, 0.3) is 0 Å². The number of halogens is 3. The first-order valence-corrected chi connectivity index (χ1v) is 4.55. The quantitative estimate of drug-likeness (QED) is 0.586. The third kappa shape index (κ3) is 4.90. The van der Waals surface area contributed by atoms with E-state index in [1.54, 1.807) is 13.0 Å². The van der Waals surface area contributed by atoms with Gasteiger partial charge in [0, 0.05) is 0 Å². The molecule has 0 amide bonds. The van der Waals surface area contributed by atoms with Crippen LogP contribution >= 0.6 is 0 Å². The number of benzene rings is 1. The molecule has 0 unspecified atom stereocenters. The normalized spacial score (nSPS) is 10.4. The predicted molar refractivity (Wildman–Crippen MR) is 52.1 cm³/mol. The van der Waals surface area contributed by atoms with Crippen LogP contribution in [0.1, 0.15) is 31.4 Å². The van der Waals surface area contributed by atoms with E-state index in [2.05, 4.69) is 13.8 Å². The van der Waals surface area contributed by atoms with Crippen molar-refractivity contribution in [1.29, 1.82) is 0 Å². The molecule has 0 saturated heterocycles. The molecule has 0 aliphatic heterocycles. The van der Waals surface area contributed by atoms with Crippen LogP contribution < -0.4 is 0 Å². The van der Waals surface area contributed by atoms with Crippen LogP contribution in [0.3, 0.4) is 0 Å². The Balaban J connectivity index is 0.000000500. The monoisotopic (exact) mass is 204 g/mol. The predicted octanol–water partition coefficient (Wildman–Crippen LogP) is 4.43. The fourth-order valence-corrected chi connectivity index (χ4v) is 0.821. The molecule has 0 heterocycles. The lowest BCUT2D eigenvalue weighted by molar-refractivity contribution is -0.137. The fourth-order valence-electron chi connectivity index (χ4n) is 0.821. The Hall–Kier alpha value is -0.990. The summed E-state index contributed by atoms with van der Waals surface area (Å²) in [5.41, 5.74) is 0.0392. The van der Waals surface area contributed by atoms with Crippen LogP contribution in [0.25, 0.3) is 0 Å². The van der Waals surface area contributed by atoms with E-state index in [1.807, 2.05) is 0 Å². The summed E-state index contributed by atoms with van der Waals surface area (Å²) in [7, 11) is 0. The van der Waals surface area contributed by atoms with Gasteiger partial charge in [-0.05, 0) is 13.0 Å². The standard InChI is InChI=1S/C8H7F3.C3H8/c1-6-3-2-4-7(5-6)8(9,10)11;1-3-2/h2-5H,1H3;3H2,1-2H3. The van der Waals surface area contributed by atoms with Gasteiger partial charge < -0.3 is 0 Å². The van der Waals surface area contributed by atoms with Crippen molar-refractivity contribution in [2.45, 2.75) is 33.4 Å². The summed E-state index contributed by atoms with van der Waals surface area (Å²) in [6, 6.07) is 5.22. The van der Waals surface area contributed by atoms with E-state index in [9.17, 15) is 13.2 Å². The average Bonchev–Trinajstić information content (AvgIpc) is 2.04. The molecule has 0 aliphatic rings. The van der Waals surface area contributed by atoms with Crippen molar-refractivity contribution < 1.29 is 13.2 Å². The largest absolute Gasteiger partial charge is 0.416 e. The summed E-state index contributed by atoms with van der Waals surface area (Å²) in [5.74, 6) is 0. The molecule has 3 heteroatoms. The number of hydrogen-bond acceptors (Lipinski definition) is 0. The summed E-state index contributed by atoms with van der Waals surface area (Å²) in [5, 5.41) is 0. The second-order valence-corrected chi connectivity index (χ2v) is 3.07. The van der Waals surface area contributed by atoms with Crippen molar-refractivity contribution in [2.24, 2.45) is 0 Å². The minimum atomic E-state index is -4.22. The summed E-state index contributed by atoms with van der Waals surface area (Å²) in [6.45, 7) is 5.88. The van der Waals surface area contributed by atoms with Gasteiger partial charge in [0.15, 0.2) is 0 Å². The highest BCUT2D eigenvalue weighted by Crippen LogP contribution is 2.29. The van der Waals surface area contributed by atoms with E-state index >= 15 is 0 Å². The van der Waals surface area contributed by atoms with Crippen molar-refractivity contribution in [3.63, 3.8) is 0 Å². The van der Waals surface area contributed by atoms with E-state index in [4.69, 9.17) is 0 Å². The smallest absolute Gasteiger partial charge is 0.166 e. The molecule has 0 N–H and O–H groups in total. The molecule has 0 bridgehead atoms. The zero-order valence-electron chi connectivity index (χ0n) is 8.65. The maximum atomic E-state index is 12.0. The molecule has 1 aromatic carbocycles. The topological polar surface area (TPSA) is 0 Å². The molecule has 0 fully saturated rings. The van der Waals surface area contributed by atoms with Gasteiger partial charge in [-0.2, -0.15) is 13.2 Å². The molecule has 80 valence electrons. The van der Waals surface area contributed by atoms with Gasteiger partial charge in [-0.3, -0.25) is 0 Å². The van der Waals surface area contributed by atoms with Gasteiger partial charge in [-0.1, -0.05) is 44.0 Å². The van der Waals surface area contributed by atoms with Crippen molar-refractivity contribution in [2.75, 3.05) is 0 Å². The van der Waals surface area contributed by atoms with Crippen LogP contribution in [0.2, 0.25) is 0 Å².